The van der Waals surface area contributed by atoms with Gasteiger partial charge in [0, 0.05) is 24.3 Å². The maximum atomic E-state index is 4.40. The van der Waals surface area contributed by atoms with Crippen molar-refractivity contribution in [3.8, 4) is 0 Å². The van der Waals surface area contributed by atoms with Crippen LogP contribution in [0.4, 0.5) is 0 Å². The van der Waals surface area contributed by atoms with E-state index in [1.165, 1.54) is 5.56 Å². The van der Waals surface area contributed by atoms with Gasteiger partial charge in [0.05, 0.1) is 17.1 Å². The zero-order valence-corrected chi connectivity index (χ0v) is 12.2. The van der Waals surface area contributed by atoms with E-state index >= 15 is 0 Å². The Kier molecular flexibility index (Phi) is 3.88. The third-order valence-corrected chi connectivity index (χ3v) is 3.50. The van der Waals surface area contributed by atoms with Crippen molar-refractivity contribution in [1.29, 1.82) is 0 Å². The van der Waals surface area contributed by atoms with E-state index in [4.69, 9.17) is 0 Å². The molecule has 21 heavy (non-hydrogen) atoms. The molecule has 3 aromatic rings. The van der Waals surface area contributed by atoms with Gasteiger partial charge in [-0.1, -0.05) is 19.1 Å². The fraction of sp³-hybridized carbons (Fsp3) is 0.235. The summed E-state index contributed by atoms with van der Waals surface area (Å²) in [7, 11) is 0. The summed E-state index contributed by atoms with van der Waals surface area (Å²) in [5.74, 6) is 0. The van der Waals surface area contributed by atoms with Gasteiger partial charge in [-0.3, -0.25) is 15.0 Å². The number of rotatable bonds is 4. The van der Waals surface area contributed by atoms with Crippen molar-refractivity contribution in [3.05, 3.63) is 65.7 Å². The highest BCUT2D eigenvalue weighted by molar-refractivity contribution is 5.74. The fourth-order valence-electron chi connectivity index (χ4n) is 2.44. The van der Waals surface area contributed by atoms with Crippen LogP contribution in [0.25, 0.3) is 11.0 Å². The lowest BCUT2D eigenvalue weighted by Crippen LogP contribution is -2.22. The molecule has 4 heteroatoms. The molecular weight excluding hydrogens is 260 g/mol. The van der Waals surface area contributed by atoms with Crippen LogP contribution < -0.4 is 5.32 Å². The second-order valence-electron chi connectivity index (χ2n) is 5.03. The Morgan fingerprint density at radius 1 is 0.952 bits per heavy atom. The number of aromatic nitrogens is 3. The summed E-state index contributed by atoms with van der Waals surface area (Å²) in [6.45, 7) is 4.99. The Hall–Kier alpha value is -2.33. The van der Waals surface area contributed by atoms with Crippen molar-refractivity contribution in [2.75, 3.05) is 6.54 Å². The number of aryl methyl sites for hydroxylation is 1. The van der Waals surface area contributed by atoms with Crippen molar-refractivity contribution in [2.24, 2.45) is 0 Å². The molecule has 0 saturated heterocycles. The van der Waals surface area contributed by atoms with Crippen molar-refractivity contribution >= 4 is 11.0 Å². The maximum absolute atomic E-state index is 4.40. The first-order valence-electron chi connectivity index (χ1n) is 7.14. The second kappa shape index (κ2) is 5.97. The van der Waals surface area contributed by atoms with E-state index in [1.807, 2.05) is 25.3 Å². The van der Waals surface area contributed by atoms with Gasteiger partial charge in [-0.2, -0.15) is 0 Å². The van der Waals surface area contributed by atoms with Crippen LogP contribution in [0.15, 0.2) is 48.9 Å². The number of pyridine rings is 1. The van der Waals surface area contributed by atoms with Gasteiger partial charge < -0.3 is 5.32 Å². The lowest BCUT2D eigenvalue weighted by molar-refractivity contribution is 0.629. The van der Waals surface area contributed by atoms with Crippen LogP contribution in [-0.4, -0.2) is 21.5 Å². The topological polar surface area (TPSA) is 50.7 Å². The molecule has 0 bridgehead atoms. The normalized spacial score (nSPS) is 12.5. The van der Waals surface area contributed by atoms with Gasteiger partial charge in [-0.15, -0.1) is 0 Å². The van der Waals surface area contributed by atoms with E-state index in [0.717, 1.165) is 28.8 Å². The Morgan fingerprint density at radius 3 is 2.43 bits per heavy atom. The van der Waals surface area contributed by atoms with Crippen LogP contribution in [0, 0.1) is 6.92 Å². The second-order valence-corrected chi connectivity index (χ2v) is 5.03. The summed E-state index contributed by atoms with van der Waals surface area (Å²) >= 11 is 0. The highest BCUT2D eigenvalue weighted by Crippen LogP contribution is 2.24. The molecule has 4 nitrogen and oxygen atoms in total. The molecule has 0 radical (unpaired) electrons. The molecule has 0 aliphatic rings. The molecule has 106 valence electrons. The summed E-state index contributed by atoms with van der Waals surface area (Å²) in [5, 5.41) is 3.51. The molecular formula is C17H18N4. The average molecular weight is 278 g/mol. The molecule has 0 spiro atoms. The van der Waals surface area contributed by atoms with Crippen molar-refractivity contribution in [3.63, 3.8) is 0 Å². The largest absolute Gasteiger partial charge is 0.306 e. The van der Waals surface area contributed by atoms with E-state index < -0.39 is 0 Å². The number of nitrogens with one attached hydrogen (secondary N) is 1. The van der Waals surface area contributed by atoms with Crippen molar-refractivity contribution < 1.29 is 0 Å². The van der Waals surface area contributed by atoms with Crippen molar-refractivity contribution in [2.45, 2.75) is 19.9 Å². The van der Waals surface area contributed by atoms with E-state index in [9.17, 15) is 0 Å². The van der Waals surface area contributed by atoms with Crippen LogP contribution >= 0.6 is 0 Å². The number of benzene rings is 1. The number of fused-ring (bicyclic) bond motifs is 1. The fourth-order valence-corrected chi connectivity index (χ4v) is 2.44. The molecule has 1 atom stereocenters. The Bertz CT molecular complexity index is 737. The lowest BCUT2D eigenvalue weighted by atomic mass is 9.99. The first-order chi connectivity index (χ1) is 10.3. The summed E-state index contributed by atoms with van der Waals surface area (Å²) in [6, 6.07) is 10.5. The molecule has 1 N–H and O–H groups in total. The van der Waals surface area contributed by atoms with Gasteiger partial charge in [0.1, 0.15) is 0 Å². The van der Waals surface area contributed by atoms with Crippen LogP contribution in [0.3, 0.4) is 0 Å². The molecule has 0 amide bonds. The Labute approximate surface area is 124 Å². The van der Waals surface area contributed by atoms with E-state index in [1.54, 1.807) is 12.4 Å². The van der Waals surface area contributed by atoms with E-state index in [2.05, 4.69) is 45.4 Å². The predicted octanol–water partition coefficient (Wildman–Crippen LogP) is 3.03. The molecule has 2 aromatic heterocycles. The first-order valence-corrected chi connectivity index (χ1v) is 7.14. The van der Waals surface area contributed by atoms with E-state index in [-0.39, 0.29) is 6.04 Å². The quantitative estimate of drug-likeness (QED) is 0.797. The summed E-state index contributed by atoms with van der Waals surface area (Å²) in [6.07, 6.45) is 5.37. The minimum atomic E-state index is 0.120. The van der Waals surface area contributed by atoms with Gasteiger partial charge in [0.2, 0.25) is 0 Å². The van der Waals surface area contributed by atoms with Gasteiger partial charge >= 0.3 is 0 Å². The summed E-state index contributed by atoms with van der Waals surface area (Å²) in [4.78, 5) is 13.1. The monoisotopic (exact) mass is 278 g/mol. The summed E-state index contributed by atoms with van der Waals surface area (Å²) < 4.78 is 0. The summed E-state index contributed by atoms with van der Waals surface area (Å²) in [5.41, 5.74) is 5.19. The predicted molar refractivity (Wildman–Crippen MR) is 84.0 cm³/mol. The maximum Gasteiger partial charge on any atom is 0.0890 e. The molecule has 2 heterocycles. The minimum Gasteiger partial charge on any atom is -0.306 e. The third kappa shape index (κ3) is 2.90. The van der Waals surface area contributed by atoms with E-state index in [0.29, 0.717) is 0 Å². The van der Waals surface area contributed by atoms with Gasteiger partial charge in [0.25, 0.3) is 0 Å². The minimum absolute atomic E-state index is 0.120. The number of hydrogen-bond acceptors (Lipinski definition) is 4. The molecule has 0 aliphatic carbocycles. The van der Waals surface area contributed by atoms with Crippen LogP contribution in [0.5, 0.6) is 0 Å². The molecule has 1 unspecified atom stereocenters. The number of hydrogen-bond donors (Lipinski definition) is 1. The van der Waals surface area contributed by atoms with Gasteiger partial charge in [-0.05, 0) is 42.8 Å². The SMILES string of the molecule is CCNC(c1ccc(C)nc1)c1ccc2nccnc2c1. The molecule has 1 aromatic carbocycles. The highest BCUT2D eigenvalue weighted by Gasteiger charge is 2.14. The molecule has 0 fully saturated rings. The molecule has 3 rings (SSSR count). The first kappa shape index (κ1) is 13.6. The van der Waals surface area contributed by atoms with Crippen LogP contribution in [0.2, 0.25) is 0 Å². The smallest absolute Gasteiger partial charge is 0.0890 e. The zero-order chi connectivity index (χ0) is 14.7. The van der Waals surface area contributed by atoms with Gasteiger partial charge in [-0.25, -0.2) is 0 Å². The highest BCUT2D eigenvalue weighted by atomic mass is 14.9. The third-order valence-electron chi connectivity index (χ3n) is 3.50. The van der Waals surface area contributed by atoms with Gasteiger partial charge in [0.15, 0.2) is 0 Å². The van der Waals surface area contributed by atoms with Crippen LogP contribution in [-0.2, 0) is 0 Å². The van der Waals surface area contributed by atoms with Crippen molar-refractivity contribution in [1.82, 2.24) is 20.3 Å². The molecule has 0 aliphatic heterocycles. The Morgan fingerprint density at radius 2 is 1.71 bits per heavy atom. The zero-order valence-electron chi connectivity index (χ0n) is 12.2. The standard InChI is InChI=1S/C17H18N4/c1-3-18-17(14-5-4-12(2)21-11-14)13-6-7-15-16(10-13)20-9-8-19-15/h4-11,17-18H,3H2,1-2H3. The Balaban J connectivity index is 2.04. The average Bonchev–Trinajstić information content (AvgIpc) is 2.53. The molecule has 0 saturated carbocycles. The lowest BCUT2D eigenvalue weighted by Gasteiger charge is -2.19. The number of nitrogens with zero attached hydrogens (tertiary/aromatic N) is 3. The van der Waals surface area contributed by atoms with Crippen LogP contribution in [0.1, 0.15) is 29.8 Å².